The fraction of sp³-hybridized carbons (Fsp3) is 0.0213. The molecule has 8 heteroatoms. The molecule has 11 aromatic rings. The van der Waals surface area contributed by atoms with E-state index in [0.29, 0.717) is 28.9 Å². The van der Waals surface area contributed by atoms with E-state index < -0.39 is 0 Å². The third kappa shape index (κ3) is 4.52. The van der Waals surface area contributed by atoms with Crippen molar-refractivity contribution in [3.05, 3.63) is 146 Å². The number of anilines is 3. The first-order valence-corrected chi connectivity index (χ1v) is 19.2. The number of ether oxygens (including phenoxy) is 1. The molecule has 4 heterocycles. The second-order valence-electron chi connectivity index (χ2n) is 13.7. The lowest BCUT2D eigenvalue weighted by Crippen LogP contribution is -2.17. The van der Waals surface area contributed by atoms with Gasteiger partial charge in [-0.1, -0.05) is 72.8 Å². The van der Waals surface area contributed by atoms with Gasteiger partial charge in [-0.3, -0.25) is 0 Å². The molecule has 3 aromatic heterocycles. The summed E-state index contributed by atoms with van der Waals surface area (Å²) in [5.41, 5.74) is 8.86. The minimum absolute atomic E-state index is 0.486. The van der Waals surface area contributed by atoms with Crippen molar-refractivity contribution in [3.63, 3.8) is 0 Å². The Labute approximate surface area is 317 Å². The molecular weight excluding hydrogens is 703 g/mol. The van der Waals surface area contributed by atoms with Crippen LogP contribution in [0.4, 0.5) is 17.1 Å². The van der Waals surface area contributed by atoms with Crippen molar-refractivity contribution in [2.24, 2.45) is 0 Å². The molecule has 8 aromatic carbocycles. The fourth-order valence-corrected chi connectivity index (χ4v) is 8.66. The van der Waals surface area contributed by atoms with Crippen LogP contribution in [0.2, 0.25) is 0 Å². The summed E-state index contributed by atoms with van der Waals surface area (Å²) in [4.78, 5) is 13.0. The summed E-state index contributed by atoms with van der Waals surface area (Å²) < 4.78 is 26.3. The van der Waals surface area contributed by atoms with Crippen LogP contribution in [0.5, 0.6) is 11.5 Å². The van der Waals surface area contributed by atoms with E-state index in [2.05, 4.69) is 96.1 Å². The number of oxazole rings is 2. The van der Waals surface area contributed by atoms with Crippen molar-refractivity contribution in [2.45, 2.75) is 4.90 Å². The zero-order valence-corrected chi connectivity index (χ0v) is 30.1. The summed E-state index contributed by atoms with van der Waals surface area (Å²) in [6.07, 6.45) is 2.09. The smallest absolute Gasteiger partial charge is 0.231 e. The summed E-state index contributed by atoms with van der Waals surface area (Å²) in [6.45, 7) is 0. The van der Waals surface area contributed by atoms with Crippen LogP contribution in [0.25, 0.3) is 88.6 Å². The maximum Gasteiger partial charge on any atom is 0.231 e. The summed E-state index contributed by atoms with van der Waals surface area (Å²) in [5, 5.41) is 6.74. The van der Waals surface area contributed by atoms with Gasteiger partial charge in [0.15, 0.2) is 22.7 Å². The Morgan fingerprint density at radius 2 is 1.27 bits per heavy atom. The monoisotopic (exact) mass is 729 g/mol. The first-order chi connectivity index (χ1) is 27.2. The van der Waals surface area contributed by atoms with Crippen LogP contribution in [0.3, 0.4) is 0 Å². The number of hydrogen-bond acceptors (Lipinski definition) is 8. The van der Waals surface area contributed by atoms with E-state index in [9.17, 15) is 0 Å². The van der Waals surface area contributed by atoms with Crippen molar-refractivity contribution < 1.29 is 18.0 Å². The van der Waals surface area contributed by atoms with Crippen molar-refractivity contribution in [1.29, 1.82) is 0 Å². The maximum absolute atomic E-state index is 7.03. The number of furan rings is 1. The number of nitrogens with zero attached hydrogens (tertiary/aromatic N) is 3. The van der Waals surface area contributed by atoms with Crippen molar-refractivity contribution >= 4 is 94.5 Å². The van der Waals surface area contributed by atoms with Crippen LogP contribution in [0.15, 0.2) is 164 Å². The molecule has 0 amide bonds. The molecule has 0 N–H and O–H groups in total. The molecule has 1 aliphatic heterocycles. The largest absolute Gasteiger partial charge is 0.456 e. The Hall–Kier alpha value is -7.03. The Bertz CT molecular complexity index is 3310. The van der Waals surface area contributed by atoms with Crippen LogP contribution >= 0.6 is 11.8 Å². The Kier molecular flexibility index (Phi) is 6.35. The predicted octanol–water partition coefficient (Wildman–Crippen LogP) is 13.8. The van der Waals surface area contributed by atoms with E-state index in [1.54, 1.807) is 11.8 Å². The van der Waals surface area contributed by atoms with Gasteiger partial charge in [0.1, 0.15) is 22.2 Å². The molecule has 0 saturated carbocycles. The molecule has 0 aliphatic carbocycles. The Balaban J connectivity index is 1.13. The number of rotatable bonds is 4. The van der Waals surface area contributed by atoms with Gasteiger partial charge in [0.05, 0.1) is 22.6 Å². The minimum atomic E-state index is 0.486. The summed E-state index contributed by atoms with van der Waals surface area (Å²) in [6, 6.07) is 49.4. The van der Waals surface area contributed by atoms with Crippen molar-refractivity contribution in [1.82, 2.24) is 9.97 Å². The highest BCUT2D eigenvalue weighted by Crippen LogP contribution is 2.57. The number of para-hydroxylation sites is 5. The van der Waals surface area contributed by atoms with E-state index >= 15 is 0 Å². The third-order valence-electron chi connectivity index (χ3n) is 10.6. The van der Waals surface area contributed by atoms with Gasteiger partial charge in [-0.05, 0) is 94.5 Å². The molecule has 0 spiro atoms. The highest BCUT2D eigenvalue weighted by atomic mass is 32.2. The van der Waals surface area contributed by atoms with Crippen LogP contribution in [0, 0.1) is 0 Å². The highest BCUT2D eigenvalue weighted by Gasteiger charge is 2.32. The molecular formula is C47H27N3O4S. The van der Waals surface area contributed by atoms with Crippen LogP contribution in [-0.4, -0.2) is 16.2 Å². The lowest BCUT2D eigenvalue weighted by Gasteiger charge is -2.34. The summed E-state index contributed by atoms with van der Waals surface area (Å²) in [7, 11) is 0. The molecule has 0 saturated heterocycles. The molecule has 7 nitrogen and oxygen atoms in total. The van der Waals surface area contributed by atoms with E-state index in [1.165, 1.54) is 16.2 Å². The molecule has 1 aliphatic rings. The maximum atomic E-state index is 7.03. The zero-order valence-electron chi connectivity index (χ0n) is 29.2. The molecule has 0 atom stereocenters. The van der Waals surface area contributed by atoms with E-state index in [4.69, 9.17) is 28.0 Å². The number of fused-ring (bicyclic) bond motifs is 11. The molecule has 0 fully saturated rings. The van der Waals surface area contributed by atoms with Crippen molar-refractivity contribution in [3.8, 4) is 34.4 Å². The lowest BCUT2D eigenvalue weighted by atomic mass is 9.98. The summed E-state index contributed by atoms with van der Waals surface area (Å²) in [5.74, 6) is 2.36. The predicted molar refractivity (Wildman–Crippen MR) is 221 cm³/mol. The number of thioether (sulfide) groups is 1. The van der Waals surface area contributed by atoms with Gasteiger partial charge in [0.25, 0.3) is 0 Å². The number of hydrogen-bond donors (Lipinski definition) is 0. The number of aromatic nitrogens is 2. The second kappa shape index (κ2) is 11.5. The normalized spacial score (nSPS) is 12.6. The van der Waals surface area contributed by atoms with Crippen LogP contribution in [-0.2, 0) is 0 Å². The molecule has 55 heavy (non-hydrogen) atoms. The van der Waals surface area contributed by atoms with Crippen molar-refractivity contribution in [2.75, 3.05) is 11.2 Å². The fourth-order valence-electron chi connectivity index (χ4n) is 8.09. The van der Waals surface area contributed by atoms with E-state index in [-0.39, 0.29) is 0 Å². The first-order valence-electron chi connectivity index (χ1n) is 18.0. The standard InChI is InChI=1S/C47H27N3O4S/c1-55-43-22-18-27(46-48-33-12-4-6-15-38(33)53-46)23-37(43)50-35-14-8-11-31(47-49-34-13-5-7-16-39(34)54-47)45(35)52-42-24-32-41(25-36(42)50)51-40-21-20-29-28-10-3-2-9-26(28)17-19-30(29)44(32)40/h2-25H,1H3. The SMILES string of the molecule is CSc1ccc(-c2nc3ccccc3o2)cc1N1c2cc3oc4ccc5c6ccccc6ccc5c4c3cc2Oc2c(-c3nc4ccccc4o3)cccc21. The quantitative estimate of drug-likeness (QED) is 0.131. The van der Waals surface area contributed by atoms with E-state index in [0.717, 1.165) is 77.0 Å². The molecule has 0 unspecified atom stereocenters. The van der Waals surface area contributed by atoms with Gasteiger partial charge in [-0.15, -0.1) is 11.8 Å². The van der Waals surface area contributed by atoms with Gasteiger partial charge < -0.3 is 22.9 Å². The van der Waals surface area contributed by atoms with Gasteiger partial charge in [-0.2, -0.15) is 0 Å². The van der Waals surface area contributed by atoms with Gasteiger partial charge in [-0.25, -0.2) is 9.97 Å². The second-order valence-corrected chi connectivity index (χ2v) is 14.5. The topological polar surface area (TPSA) is 77.7 Å². The van der Waals surface area contributed by atoms with Gasteiger partial charge >= 0.3 is 0 Å². The molecule has 260 valence electrons. The molecule has 0 bridgehead atoms. The minimum Gasteiger partial charge on any atom is -0.456 e. The zero-order chi connectivity index (χ0) is 36.2. The third-order valence-corrected chi connectivity index (χ3v) is 11.4. The average Bonchev–Trinajstić information content (AvgIpc) is 3.97. The first kappa shape index (κ1) is 30.4. The highest BCUT2D eigenvalue weighted by molar-refractivity contribution is 7.98. The average molecular weight is 730 g/mol. The Morgan fingerprint density at radius 1 is 0.509 bits per heavy atom. The van der Waals surface area contributed by atoms with Crippen LogP contribution in [0.1, 0.15) is 0 Å². The number of benzene rings is 8. The molecule has 0 radical (unpaired) electrons. The molecule has 12 rings (SSSR count). The van der Waals surface area contributed by atoms with E-state index in [1.807, 2.05) is 60.7 Å². The summed E-state index contributed by atoms with van der Waals surface area (Å²) >= 11 is 1.67. The Morgan fingerprint density at radius 3 is 2.11 bits per heavy atom. The van der Waals surface area contributed by atoms with Gasteiger partial charge in [0.2, 0.25) is 11.8 Å². The van der Waals surface area contributed by atoms with Gasteiger partial charge in [0, 0.05) is 27.3 Å². The lowest BCUT2D eigenvalue weighted by molar-refractivity contribution is 0.476. The van der Waals surface area contributed by atoms with Crippen LogP contribution < -0.4 is 9.64 Å².